The van der Waals surface area contributed by atoms with Crippen LogP contribution < -0.4 is 0 Å². The number of aromatic nitrogens is 2. The average Bonchev–Trinajstić information content (AvgIpc) is 3.41. The molecule has 0 radical (unpaired) electrons. The van der Waals surface area contributed by atoms with Gasteiger partial charge in [0.05, 0.1) is 0 Å². The van der Waals surface area contributed by atoms with E-state index in [1.807, 2.05) is 0 Å². The Morgan fingerprint density at radius 2 is 0.895 bits per heavy atom. The monoisotopic (exact) mass is 531 g/mol. The lowest BCUT2D eigenvalue weighted by atomic mass is 9.94. The summed E-state index contributed by atoms with van der Waals surface area (Å²) in [5, 5.41) is 0. The lowest BCUT2D eigenvalue weighted by Gasteiger charge is -2.22. The van der Waals surface area contributed by atoms with Crippen LogP contribution >= 0.6 is 0 Å². The smallest absolute Gasteiger partial charge is 0.111 e. The second kappa shape index (κ2) is 26.4. The van der Waals surface area contributed by atoms with Crippen LogP contribution in [0.15, 0.2) is 12.4 Å². The third-order valence-electron chi connectivity index (χ3n) is 8.81. The van der Waals surface area contributed by atoms with Gasteiger partial charge in [0.1, 0.15) is 5.82 Å². The van der Waals surface area contributed by atoms with Crippen LogP contribution in [0.2, 0.25) is 0 Å². The minimum atomic E-state index is 0.591. The molecule has 1 aromatic rings. The topological polar surface area (TPSA) is 17.8 Å². The van der Waals surface area contributed by atoms with Gasteiger partial charge in [0.2, 0.25) is 0 Å². The molecule has 0 aliphatic rings. The summed E-state index contributed by atoms with van der Waals surface area (Å²) in [6.45, 7) is 9.37. The molecule has 38 heavy (non-hydrogen) atoms. The number of hydrogen-bond acceptors (Lipinski definition) is 1. The van der Waals surface area contributed by atoms with Crippen LogP contribution in [-0.2, 0) is 0 Å². The maximum atomic E-state index is 4.89. The van der Waals surface area contributed by atoms with E-state index in [2.05, 4.69) is 44.7 Å². The number of hydrogen-bond donors (Lipinski definition) is 0. The molecule has 2 unspecified atom stereocenters. The number of unbranched alkanes of at least 4 members (excludes halogenated alkanes) is 21. The fourth-order valence-electron chi connectivity index (χ4n) is 6.24. The van der Waals surface area contributed by atoms with Gasteiger partial charge in [-0.25, -0.2) is 4.98 Å². The maximum Gasteiger partial charge on any atom is 0.111 e. The van der Waals surface area contributed by atoms with E-state index in [9.17, 15) is 0 Å². The predicted octanol–water partition coefficient (Wildman–Crippen LogP) is 13.1. The van der Waals surface area contributed by atoms with E-state index in [1.165, 1.54) is 179 Å². The summed E-state index contributed by atoms with van der Waals surface area (Å²) in [6.07, 6.45) is 42.4. The molecule has 0 aliphatic heterocycles. The number of nitrogens with zero attached hydrogens (tertiary/aromatic N) is 2. The minimum absolute atomic E-state index is 0.591. The molecule has 224 valence electrons. The van der Waals surface area contributed by atoms with Crippen molar-refractivity contribution < 1.29 is 0 Å². The molecule has 2 atom stereocenters. The van der Waals surface area contributed by atoms with Gasteiger partial charge >= 0.3 is 0 Å². The second-order valence-corrected chi connectivity index (χ2v) is 12.5. The van der Waals surface area contributed by atoms with E-state index in [-0.39, 0.29) is 0 Å². The third kappa shape index (κ3) is 18.5. The molecule has 0 fully saturated rings. The zero-order chi connectivity index (χ0) is 27.5. The Kier molecular flexibility index (Phi) is 24.5. The maximum absolute atomic E-state index is 4.89. The Balaban J connectivity index is 2.15. The molecule has 2 heteroatoms. The molecule has 2 nitrogen and oxygen atoms in total. The van der Waals surface area contributed by atoms with Gasteiger partial charge in [-0.2, -0.15) is 0 Å². The number of imidazole rings is 1. The molecule has 0 N–H and O–H groups in total. The van der Waals surface area contributed by atoms with Crippen molar-refractivity contribution in [1.29, 1.82) is 0 Å². The van der Waals surface area contributed by atoms with Gasteiger partial charge in [0.25, 0.3) is 0 Å². The molecule has 0 aliphatic carbocycles. The van der Waals surface area contributed by atoms with Gasteiger partial charge in [-0.1, -0.05) is 175 Å². The highest BCUT2D eigenvalue weighted by Crippen LogP contribution is 2.29. The van der Waals surface area contributed by atoms with Crippen LogP contribution in [-0.4, -0.2) is 9.55 Å². The Hall–Kier alpha value is -0.790. The Morgan fingerprint density at radius 1 is 0.500 bits per heavy atom. The Bertz CT molecular complexity index is 592. The second-order valence-electron chi connectivity index (χ2n) is 12.5. The highest BCUT2D eigenvalue weighted by atomic mass is 15.1. The van der Waals surface area contributed by atoms with Crippen LogP contribution in [0.4, 0.5) is 0 Å². The minimum Gasteiger partial charge on any atom is -0.332 e. The van der Waals surface area contributed by atoms with Crippen molar-refractivity contribution in [2.24, 2.45) is 0 Å². The summed E-state index contributed by atoms with van der Waals surface area (Å²) in [4.78, 5) is 4.89. The molecule has 0 bridgehead atoms. The predicted molar refractivity (Wildman–Crippen MR) is 171 cm³/mol. The van der Waals surface area contributed by atoms with E-state index >= 15 is 0 Å². The van der Waals surface area contributed by atoms with E-state index in [0.29, 0.717) is 12.0 Å². The van der Waals surface area contributed by atoms with Crippen molar-refractivity contribution in [3.8, 4) is 0 Å². The SMILES string of the molecule is CCCCCCCCCCCCCCCCCC(CCC)c1nccn1C(C)CCCCCCCCCC. The molecule has 1 aromatic heterocycles. The first-order chi connectivity index (χ1) is 18.7. The van der Waals surface area contributed by atoms with Crippen LogP contribution in [0.5, 0.6) is 0 Å². The van der Waals surface area contributed by atoms with Gasteiger partial charge in [0.15, 0.2) is 0 Å². The molecule has 0 aromatic carbocycles. The van der Waals surface area contributed by atoms with E-state index in [0.717, 1.165) is 0 Å². The highest BCUT2D eigenvalue weighted by Gasteiger charge is 2.18. The fraction of sp³-hybridized carbons (Fsp3) is 0.917. The first kappa shape index (κ1) is 35.2. The van der Waals surface area contributed by atoms with Gasteiger partial charge < -0.3 is 4.57 Å². The van der Waals surface area contributed by atoms with Crippen LogP contribution in [0.3, 0.4) is 0 Å². The van der Waals surface area contributed by atoms with Gasteiger partial charge in [-0.05, 0) is 26.2 Å². The first-order valence-corrected chi connectivity index (χ1v) is 17.8. The van der Waals surface area contributed by atoms with E-state index in [4.69, 9.17) is 4.98 Å². The lowest BCUT2D eigenvalue weighted by Crippen LogP contribution is -2.13. The molecule has 1 rings (SSSR count). The molecule has 0 amide bonds. The normalized spacial score (nSPS) is 13.3. The van der Waals surface area contributed by atoms with Crippen molar-refractivity contribution in [2.45, 2.75) is 213 Å². The fourth-order valence-corrected chi connectivity index (χ4v) is 6.24. The zero-order valence-electron chi connectivity index (χ0n) is 26.8. The molecular formula is C36H70N2. The quantitative estimate of drug-likeness (QED) is 0.0941. The third-order valence-corrected chi connectivity index (χ3v) is 8.81. The van der Waals surface area contributed by atoms with Gasteiger partial charge in [-0.3, -0.25) is 0 Å². The van der Waals surface area contributed by atoms with E-state index in [1.54, 1.807) is 0 Å². The zero-order valence-corrected chi connectivity index (χ0v) is 26.8. The van der Waals surface area contributed by atoms with E-state index < -0.39 is 0 Å². The number of rotatable bonds is 29. The molecular weight excluding hydrogens is 460 g/mol. The highest BCUT2D eigenvalue weighted by molar-refractivity contribution is 5.02. The van der Waals surface area contributed by atoms with Crippen LogP contribution in [0.1, 0.15) is 219 Å². The first-order valence-electron chi connectivity index (χ1n) is 17.8. The van der Waals surface area contributed by atoms with Crippen molar-refractivity contribution in [1.82, 2.24) is 9.55 Å². The average molecular weight is 531 g/mol. The van der Waals surface area contributed by atoms with Crippen LogP contribution in [0.25, 0.3) is 0 Å². The van der Waals surface area contributed by atoms with Crippen molar-refractivity contribution in [2.75, 3.05) is 0 Å². The largest absolute Gasteiger partial charge is 0.332 e. The summed E-state index contributed by atoms with van der Waals surface area (Å²) in [7, 11) is 0. The molecule has 0 spiro atoms. The summed E-state index contributed by atoms with van der Waals surface area (Å²) in [5.74, 6) is 2.03. The van der Waals surface area contributed by atoms with Gasteiger partial charge in [-0.15, -0.1) is 0 Å². The summed E-state index contributed by atoms with van der Waals surface area (Å²) in [5.41, 5.74) is 0. The van der Waals surface area contributed by atoms with Crippen molar-refractivity contribution in [3.63, 3.8) is 0 Å². The molecule has 1 heterocycles. The van der Waals surface area contributed by atoms with Crippen molar-refractivity contribution >= 4 is 0 Å². The molecule has 0 saturated heterocycles. The standard InChI is InChI=1S/C36H70N2/c1-5-8-10-12-14-16-17-18-19-20-21-22-24-26-28-31-35(29-7-3)36-37-32-33-38(36)34(4)30-27-25-23-15-13-11-9-6-2/h32-35H,5-31H2,1-4H3. The Morgan fingerprint density at radius 3 is 1.32 bits per heavy atom. The summed E-state index contributed by atoms with van der Waals surface area (Å²) >= 11 is 0. The summed E-state index contributed by atoms with van der Waals surface area (Å²) < 4.78 is 2.53. The van der Waals surface area contributed by atoms with Crippen LogP contribution in [0, 0.1) is 0 Å². The molecule has 0 saturated carbocycles. The van der Waals surface area contributed by atoms with Crippen molar-refractivity contribution in [3.05, 3.63) is 18.2 Å². The lowest BCUT2D eigenvalue weighted by molar-refractivity contribution is 0.419. The van der Waals surface area contributed by atoms with Gasteiger partial charge in [0, 0.05) is 24.4 Å². The summed E-state index contributed by atoms with van der Waals surface area (Å²) in [6, 6.07) is 0.591. The Labute approximate surface area is 240 Å².